The molecule has 0 amide bonds. The van der Waals surface area contributed by atoms with Crippen molar-refractivity contribution in [2.24, 2.45) is 0 Å². The van der Waals surface area contributed by atoms with Gasteiger partial charge in [-0.25, -0.2) is 22.5 Å². The first-order valence-electron chi connectivity index (χ1n) is 15.2. The van der Waals surface area contributed by atoms with Gasteiger partial charge < -0.3 is 19.5 Å². The number of aromatic nitrogens is 3. The van der Waals surface area contributed by atoms with Crippen molar-refractivity contribution in [2.75, 3.05) is 37.7 Å². The maximum absolute atomic E-state index is 16.9. The van der Waals surface area contributed by atoms with E-state index in [9.17, 15) is 18.3 Å². The molecule has 0 radical (unpaired) electrons. The zero-order valence-electron chi connectivity index (χ0n) is 24.3. The van der Waals surface area contributed by atoms with E-state index in [1.54, 1.807) is 0 Å². The van der Waals surface area contributed by atoms with Crippen LogP contribution in [0.25, 0.3) is 32.9 Å². The Morgan fingerprint density at radius 3 is 2.78 bits per heavy atom. The smallest absolute Gasteiger partial charge is 0.319 e. The molecule has 232 valence electrons. The predicted molar refractivity (Wildman–Crippen MR) is 159 cm³/mol. The molecule has 6 heterocycles. The topological polar surface area (TPSA) is 83.8 Å². The number of phenolic OH excluding ortho intramolecular Hbond substituents is 1. The fourth-order valence-corrected chi connectivity index (χ4v) is 7.73. The highest BCUT2D eigenvalue weighted by Gasteiger charge is 2.49. The van der Waals surface area contributed by atoms with Gasteiger partial charge in [0.05, 0.1) is 17.1 Å². The van der Waals surface area contributed by atoms with E-state index in [1.165, 1.54) is 0 Å². The van der Waals surface area contributed by atoms with E-state index in [1.807, 2.05) is 0 Å². The van der Waals surface area contributed by atoms with Gasteiger partial charge in [-0.1, -0.05) is 5.92 Å². The normalized spacial score (nSPS) is 24.3. The molecule has 0 spiro atoms. The molecule has 3 saturated heterocycles. The Bertz CT molecular complexity index is 1930. The Hall–Kier alpha value is -4.37. The van der Waals surface area contributed by atoms with Gasteiger partial charge in [-0.2, -0.15) is 9.97 Å². The third kappa shape index (κ3) is 4.35. The van der Waals surface area contributed by atoms with Gasteiger partial charge in [0.15, 0.2) is 5.82 Å². The number of hydrogen-bond donors (Lipinski definition) is 1. The van der Waals surface area contributed by atoms with Crippen LogP contribution in [-0.4, -0.2) is 75.6 Å². The lowest BCUT2D eigenvalue weighted by Crippen LogP contribution is -2.44. The van der Waals surface area contributed by atoms with Gasteiger partial charge in [0, 0.05) is 41.9 Å². The van der Waals surface area contributed by atoms with Crippen LogP contribution < -0.4 is 14.4 Å². The number of nitrogens with zero attached hydrogens (tertiary/aromatic N) is 5. The molecule has 2 aromatic heterocycles. The van der Waals surface area contributed by atoms with Crippen LogP contribution >= 0.6 is 0 Å². The highest BCUT2D eigenvalue weighted by atomic mass is 19.1. The van der Waals surface area contributed by atoms with Crippen molar-refractivity contribution in [1.82, 2.24) is 19.9 Å². The summed E-state index contributed by atoms with van der Waals surface area (Å²) in [6.45, 7) is 2.18. The number of phenols is 1. The monoisotopic (exact) mass is 619 g/mol. The van der Waals surface area contributed by atoms with Gasteiger partial charge in [-0.3, -0.25) is 4.90 Å². The standard InChI is InChI=1S/C33H29F4N5O3/c1-2-20-23(35)12-24(36)21-10-19(43)11-22(25(20)21)28-27(37)29-26-30(42-9-4-3-6-18(42)15-44-31(26)38-28)40-32(39-29)45-16-33-7-5-8-41(33)14-17(34)13-33/h1,10-12,17-18,43H,3-9,13-16H2/t17-,18+,33+/m1/s1. The summed E-state index contributed by atoms with van der Waals surface area (Å²) < 4.78 is 73.5. The predicted octanol–water partition coefficient (Wildman–Crippen LogP) is 5.66. The van der Waals surface area contributed by atoms with E-state index >= 15 is 4.39 Å². The first-order chi connectivity index (χ1) is 21.8. The van der Waals surface area contributed by atoms with Crippen molar-refractivity contribution in [3.8, 4) is 41.2 Å². The highest BCUT2D eigenvalue weighted by Crippen LogP contribution is 2.45. The number of piperidine rings is 1. The van der Waals surface area contributed by atoms with Crippen LogP contribution in [-0.2, 0) is 0 Å². The summed E-state index contributed by atoms with van der Waals surface area (Å²) in [5.41, 5.74) is -1.42. The van der Waals surface area contributed by atoms with Crippen molar-refractivity contribution >= 4 is 27.5 Å². The molecule has 3 fully saturated rings. The van der Waals surface area contributed by atoms with Crippen LogP contribution in [0.15, 0.2) is 18.2 Å². The summed E-state index contributed by atoms with van der Waals surface area (Å²) in [7, 11) is 0. The van der Waals surface area contributed by atoms with Gasteiger partial charge in [0.25, 0.3) is 0 Å². The number of rotatable bonds is 4. The molecule has 0 aliphatic carbocycles. The fourth-order valence-electron chi connectivity index (χ4n) is 7.73. The maximum Gasteiger partial charge on any atom is 0.319 e. The van der Waals surface area contributed by atoms with Crippen molar-refractivity contribution in [3.05, 3.63) is 41.2 Å². The summed E-state index contributed by atoms with van der Waals surface area (Å²) in [6, 6.07) is 2.75. The Kier molecular flexibility index (Phi) is 6.46. The van der Waals surface area contributed by atoms with Crippen molar-refractivity contribution in [1.29, 1.82) is 0 Å². The summed E-state index contributed by atoms with van der Waals surface area (Å²) in [4.78, 5) is 17.9. The maximum atomic E-state index is 16.9. The Morgan fingerprint density at radius 1 is 1.07 bits per heavy atom. The molecular formula is C33H29F4N5O3. The number of aromatic hydroxyl groups is 1. The molecular weight excluding hydrogens is 590 g/mol. The van der Waals surface area contributed by atoms with Crippen LogP contribution in [0.2, 0.25) is 0 Å². The van der Waals surface area contributed by atoms with Gasteiger partial charge in [-0.05, 0) is 50.8 Å². The fraction of sp³-hybridized carbons (Fsp3) is 0.424. The lowest BCUT2D eigenvalue weighted by Gasteiger charge is -2.35. The SMILES string of the molecule is C#Cc1c(F)cc(F)c2cc(O)cc(-c3nc4c5c(nc(OC[C@@]67CCCN6C[C@H](F)C7)nc5c3F)N3CCCC[C@H]3CO4)c12. The quantitative estimate of drug-likeness (QED) is 0.232. The summed E-state index contributed by atoms with van der Waals surface area (Å²) >= 11 is 0. The van der Waals surface area contributed by atoms with Gasteiger partial charge in [-0.15, -0.1) is 6.42 Å². The zero-order valence-corrected chi connectivity index (χ0v) is 24.3. The number of hydrogen-bond acceptors (Lipinski definition) is 8. The molecule has 0 unspecified atom stereocenters. The number of halogens is 4. The van der Waals surface area contributed by atoms with Crippen molar-refractivity contribution < 1.29 is 32.1 Å². The molecule has 3 atom stereocenters. The van der Waals surface area contributed by atoms with Gasteiger partial charge >= 0.3 is 6.01 Å². The van der Waals surface area contributed by atoms with E-state index in [0.29, 0.717) is 31.4 Å². The average Bonchev–Trinajstić information content (AvgIpc) is 3.50. The number of benzene rings is 2. The Morgan fingerprint density at radius 2 is 1.93 bits per heavy atom. The van der Waals surface area contributed by atoms with Gasteiger partial charge in [0.2, 0.25) is 5.88 Å². The summed E-state index contributed by atoms with van der Waals surface area (Å²) in [6.07, 6.45) is 9.43. The van der Waals surface area contributed by atoms with E-state index in [4.69, 9.17) is 20.9 Å². The minimum atomic E-state index is -1.01. The Balaban J connectivity index is 1.34. The lowest BCUT2D eigenvalue weighted by atomic mass is 9.95. The van der Waals surface area contributed by atoms with E-state index < -0.39 is 34.9 Å². The van der Waals surface area contributed by atoms with E-state index in [0.717, 1.165) is 50.8 Å². The van der Waals surface area contributed by atoms with Crippen molar-refractivity contribution in [3.63, 3.8) is 0 Å². The second-order valence-electron chi connectivity index (χ2n) is 12.4. The molecule has 12 heteroatoms. The number of anilines is 1. The molecule has 2 aromatic carbocycles. The third-order valence-electron chi connectivity index (χ3n) is 9.78. The van der Waals surface area contributed by atoms with Gasteiger partial charge in [0.1, 0.15) is 59.2 Å². The third-order valence-corrected chi connectivity index (χ3v) is 9.78. The molecule has 8 rings (SSSR count). The molecule has 4 aliphatic heterocycles. The number of ether oxygens (including phenoxy) is 2. The molecule has 0 saturated carbocycles. The largest absolute Gasteiger partial charge is 0.508 e. The van der Waals surface area contributed by atoms with Crippen LogP contribution in [0.5, 0.6) is 17.6 Å². The van der Waals surface area contributed by atoms with E-state index in [-0.39, 0.29) is 69.6 Å². The number of pyridine rings is 1. The van der Waals surface area contributed by atoms with Crippen LogP contribution in [0.3, 0.4) is 0 Å². The first kappa shape index (κ1) is 28.1. The minimum absolute atomic E-state index is 0.0459. The number of terminal acetylenes is 1. The van der Waals surface area contributed by atoms with Crippen LogP contribution in [0, 0.1) is 29.8 Å². The second kappa shape index (κ2) is 10.3. The molecule has 8 nitrogen and oxygen atoms in total. The van der Waals surface area contributed by atoms with Crippen molar-refractivity contribution in [2.45, 2.75) is 56.3 Å². The molecule has 0 bridgehead atoms. The molecule has 1 N–H and O–H groups in total. The molecule has 4 aliphatic rings. The summed E-state index contributed by atoms with van der Waals surface area (Å²) in [5.74, 6) is -0.613. The number of fused-ring (bicyclic) bond motifs is 4. The van der Waals surface area contributed by atoms with Crippen LogP contribution in [0.1, 0.15) is 44.1 Å². The Labute approximate surface area is 256 Å². The molecule has 45 heavy (non-hydrogen) atoms. The van der Waals surface area contributed by atoms with E-state index in [2.05, 4.69) is 25.7 Å². The average molecular weight is 620 g/mol. The number of alkyl halides is 1. The second-order valence-corrected chi connectivity index (χ2v) is 12.4. The molecule has 4 aromatic rings. The highest BCUT2D eigenvalue weighted by molar-refractivity contribution is 6.04. The lowest BCUT2D eigenvalue weighted by molar-refractivity contribution is 0.107. The summed E-state index contributed by atoms with van der Waals surface area (Å²) in [5, 5.41) is 10.5. The zero-order chi connectivity index (χ0) is 31.0. The van der Waals surface area contributed by atoms with Crippen LogP contribution in [0.4, 0.5) is 23.4 Å². The minimum Gasteiger partial charge on any atom is -0.508 e. The first-order valence-corrected chi connectivity index (χ1v) is 15.2.